The number of halogens is 2. The average Bonchev–Trinajstić information content (AvgIpc) is 3.18. The first-order chi connectivity index (χ1) is 15.4. The Morgan fingerprint density at radius 3 is 2.34 bits per heavy atom. The molecule has 0 aliphatic carbocycles. The first-order valence-corrected chi connectivity index (χ1v) is 10.3. The fourth-order valence-electron chi connectivity index (χ4n) is 3.51. The lowest BCUT2D eigenvalue weighted by molar-refractivity contribution is -0.122. The van der Waals surface area contributed by atoms with Gasteiger partial charge in [0.2, 0.25) is 11.8 Å². The molecule has 0 bridgehead atoms. The maximum Gasteiger partial charge on any atom is 0.257 e. The highest BCUT2D eigenvalue weighted by molar-refractivity contribution is 6.30. The Kier molecular flexibility index (Phi) is 6.18. The third kappa shape index (κ3) is 4.78. The lowest BCUT2D eigenvalue weighted by Gasteiger charge is -2.17. The molecule has 1 unspecified atom stereocenters. The maximum absolute atomic E-state index is 13.1. The summed E-state index contributed by atoms with van der Waals surface area (Å²) in [7, 11) is 0. The molecule has 0 radical (unpaired) electrons. The van der Waals surface area contributed by atoms with E-state index >= 15 is 0 Å². The van der Waals surface area contributed by atoms with Crippen molar-refractivity contribution in [2.75, 3.05) is 22.1 Å². The van der Waals surface area contributed by atoms with Gasteiger partial charge < -0.3 is 15.5 Å². The van der Waals surface area contributed by atoms with E-state index in [9.17, 15) is 18.8 Å². The lowest BCUT2D eigenvalue weighted by Crippen LogP contribution is -2.28. The van der Waals surface area contributed by atoms with Crippen molar-refractivity contribution in [3.63, 3.8) is 0 Å². The van der Waals surface area contributed by atoms with Crippen molar-refractivity contribution in [2.45, 2.75) is 6.42 Å². The number of amides is 3. The molecule has 1 fully saturated rings. The number of anilines is 3. The van der Waals surface area contributed by atoms with Crippen LogP contribution in [0, 0.1) is 11.7 Å². The van der Waals surface area contributed by atoms with Crippen molar-refractivity contribution >= 4 is 46.4 Å². The van der Waals surface area contributed by atoms with Crippen LogP contribution < -0.4 is 15.5 Å². The van der Waals surface area contributed by atoms with E-state index < -0.39 is 17.6 Å². The Bertz CT molecular complexity index is 1170. The molecule has 0 spiro atoms. The highest BCUT2D eigenvalue weighted by Gasteiger charge is 2.35. The van der Waals surface area contributed by atoms with Gasteiger partial charge in [0.1, 0.15) is 5.82 Å². The van der Waals surface area contributed by atoms with Gasteiger partial charge in [0.25, 0.3) is 5.91 Å². The highest BCUT2D eigenvalue weighted by atomic mass is 35.5. The zero-order chi connectivity index (χ0) is 22.7. The van der Waals surface area contributed by atoms with E-state index in [-0.39, 0.29) is 30.3 Å². The van der Waals surface area contributed by atoms with Crippen LogP contribution in [0.1, 0.15) is 16.8 Å². The number of hydrogen-bond donors (Lipinski definition) is 2. The molecule has 1 atom stereocenters. The van der Waals surface area contributed by atoms with Crippen LogP contribution in [-0.4, -0.2) is 24.3 Å². The standard InChI is InChI=1S/C24H19ClFN3O3/c25-16-5-11-19(12-6-16)29-14-15(13-22(29)30)23(31)28-21-4-2-1-3-20(21)24(32)27-18-9-7-17(26)8-10-18/h1-12,15H,13-14H2,(H,27,32)(H,28,31). The molecular weight excluding hydrogens is 433 g/mol. The maximum atomic E-state index is 13.1. The quantitative estimate of drug-likeness (QED) is 0.589. The van der Waals surface area contributed by atoms with Crippen LogP contribution in [0.15, 0.2) is 72.8 Å². The molecule has 8 heteroatoms. The van der Waals surface area contributed by atoms with Gasteiger partial charge in [-0.25, -0.2) is 4.39 Å². The van der Waals surface area contributed by atoms with Gasteiger partial charge in [0.15, 0.2) is 0 Å². The highest BCUT2D eigenvalue weighted by Crippen LogP contribution is 2.28. The third-order valence-corrected chi connectivity index (χ3v) is 5.42. The van der Waals surface area contributed by atoms with Gasteiger partial charge >= 0.3 is 0 Å². The van der Waals surface area contributed by atoms with Crippen molar-refractivity contribution in [1.82, 2.24) is 0 Å². The van der Waals surface area contributed by atoms with Crippen molar-refractivity contribution in [2.24, 2.45) is 5.92 Å². The minimum Gasteiger partial charge on any atom is -0.325 e. The van der Waals surface area contributed by atoms with Crippen molar-refractivity contribution in [3.8, 4) is 0 Å². The van der Waals surface area contributed by atoms with E-state index in [0.29, 0.717) is 22.1 Å². The SMILES string of the molecule is O=C(Nc1ccc(F)cc1)c1ccccc1NC(=O)C1CC(=O)N(c2ccc(Cl)cc2)C1. The Morgan fingerprint density at radius 1 is 0.938 bits per heavy atom. The molecule has 32 heavy (non-hydrogen) atoms. The minimum atomic E-state index is -0.564. The van der Waals surface area contributed by atoms with Crippen LogP contribution >= 0.6 is 11.6 Å². The van der Waals surface area contributed by atoms with Crippen LogP contribution in [0.3, 0.4) is 0 Å². The Labute approximate surface area is 189 Å². The molecule has 3 aromatic rings. The van der Waals surface area contributed by atoms with Gasteiger partial charge in [-0.2, -0.15) is 0 Å². The second-order valence-electron chi connectivity index (χ2n) is 7.38. The van der Waals surface area contributed by atoms with E-state index in [4.69, 9.17) is 11.6 Å². The zero-order valence-corrected chi connectivity index (χ0v) is 17.6. The summed E-state index contributed by atoms with van der Waals surface area (Å²) in [6.45, 7) is 0.232. The van der Waals surface area contributed by atoms with Gasteiger partial charge in [0.05, 0.1) is 17.2 Å². The predicted molar refractivity (Wildman–Crippen MR) is 121 cm³/mol. The number of hydrogen-bond acceptors (Lipinski definition) is 3. The van der Waals surface area contributed by atoms with Gasteiger partial charge in [-0.15, -0.1) is 0 Å². The molecule has 0 saturated carbocycles. The van der Waals surface area contributed by atoms with Gasteiger partial charge in [-0.3, -0.25) is 14.4 Å². The molecule has 1 saturated heterocycles. The van der Waals surface area contributed by atoms with Gasteiger partial charge in [-0.1, -0.05) is 23.7 Å². The van der Waals surface area contributed by atoms with E-state index in [1.807, 2.05) is 0 Å². The molecule has 1 aliphatic rings. The Balaban J connectivity index is 1.46. The van der Waals surface area contributed by atoms with E-state index in [2.05, 4.69) is 10.6 Å². The predicted octanol–water partition coefficient (Wildman–Crippen LogP) is 4.72. The fraction of sp³-hybridized carbons (Fsp3) is 0.125. The summed E-state index contributed by atoms with van der Waals surface area (Å²) in [6, 6.07) is 18.8. The molecule has 4 rings (SSSR count). The molecule has 3 aromatic carbocycles. The summed E-state index contributed by atoms with van der Waals surface area (Å²) in [5, 5.41) is 6.01. The van der Waals surface area contributed by atoms with E-state index in [0.717, 1.165) is 0 Å². The first kappa shape index (κ1) is 21.5. The second kappa shape index (κ2) is 9.20. The van der Waals surface area contributed by atoms with Crippen molar-refractivity contribution in [3.05, 3.63) is 89.2 Å². The normalized spacial score (nSPS) is 15.5. The number of para-hydroxylation sites is 1. The lowest BCUT2D eigenvalue weighted by atomic mass is 10.1. The van der Waals surface area contributed by atoms with Crippen molar-refractivity contribution in [1.29, 1.82) is 0 Å². The number of nitrogens with one attached hydrogen (secondary N) is 2. The minimum absolute atomic E-state index is 0.0679. The van der Waals surface area contributed by atoms with E-state index in [1.165, 1.54) is 24.3 Å². The zero-order valence-electron chi connectivity index (χ0n) is 16.8. The van der Waals surface area contributed by atoms with E-state index in [1.54, 1.807) is 53.4 Å². The summed E-state index contributed by atoms with van der Waals surface area (Å²) in [6.07, 6.45) is 0.0679. The summed E-state index contributed by atoms with van der Waals surface area (Å²) in [4.78, 5) is 39.6. The van der Waals surface area contributed by atoms with Crippen molar-refractivity contribution < 1.29 is 18.8 Å². The van der Waals surface area contributed by atoms with Gasteiger partial charge in [0, 0.05) is 29.4 Å². The molecule has 1 aliphatic heterocycles. The fourth-order valence-corrected chi connectivity index (χ4v) is 3.64. The van der Waals surface area contributed by atoms with Crippen LogP contribution in [0.2, 0.25) is 5.02 Å². The Morgan fingerprint density at radius 2 is 1.62 bits per heavy atom. The molecule has 1 heterocycles. The number of nitrogens with zero attached hydrogens (tertiary/aromatic N) is 1. The largest absolute Gasteiger partial charge is 0.325 e. The topological polar surface area (TPSA) is 78.5 Å². The molecule has 0 aromatic heterocycles. The smallest absolute Gasteiger partial charge is 0.257 e. The van der Waals surface area contributed by atoms with Crippen LogP contribution in [0.4, 0.5) is 21.5 Å². The summed E-state index contributed by atoms with van der Waals surface area (Å²) >= 11 is 5.91. The molecule has 3 amide bonds. The summed E-state index contributed by atoms with van der Waals surface area (Å²) in [5.74, 6) is -1.93. The first-order valence-electron chi connectivity index (χ1n) is 9.93. The number of carbonyl (C=O) groups excluding carboxylic acids is 3. The third-order valence-electron chi connectivity index (χ3n) is 5.17. The molecule has 162 valence electrons. The molecule has 6 nitrogen and oxygen atoms in total. The Hall–Kier alpha value is -3.71. The van der Waals surface area contributed by atoms with Crippen LogP contribution in [0.5, 0.6) is 0 Å². The second-order valence-corrected chi connectivity index (χ2v) is 7.81. The number of carbonyl (C=O) groups is 3. The molecule has 2 N–H and O–H groups in total. The summed E-state index contributed by atoms with van der Waals surface area (Å²) < 4.78 is 13.1. The van der Waals surface area contributed by atoms with Crippen LogP contribution in [0.25, 0.3) is 0 Å². The average molecular weight is 452 g/mol. The summed E-state index contributed by atoms with van der Waals surface area (Å²) in [5.41, 5.74) is 1.69. The monoisotopic (exact) mass is 451 g/mol. The number of benzene rings is 3. The molecular formula is C24H19ClFN3O3. The number of rotatable bonds is 5. The van der Waals surface area contributed by atoms with Crippen LogP contribution in [-0.2, 0) is 9.59 Å². The van der Waals surface area contributed by atoms with Gasteiger partial charge in [-0.05, 0) is 60.7 Å².